The average molecular weight is 208 g/mol. The van der Waals surface area contributed by atoms with Crippen LogP contribution in [0.25, 0.3) is 0 Å². The quantitative estimate of drug-likeness (QED) is 0.806. The molecule has 0 radical (unpaired) electrons. The molecule has 1 saturated heterocycles. The average Bonchev–Trinajstić information content (AvgIpc) is 2.76. The summed E-state index contributed by atoms with van der Waals surface area (Å²) in [6, 6.07) is 2.90. The highest BCUT2D eigenvalue weighted by atomic mass is 15.3. The molecule has 0 bridgehead atoms. The maximum Gasteiger partial charge on any atom is 0.0764 e. The summed E-state index contributed by atoms with van der Waals surface area (Å²) in [6.45, 7) is 7.34. The zero-order chi connectivity index (χ0) is 10.8. The molecule has 0 unspecified atom stereocenters. The summed E-state index contributed by atoms with van der Waals surface area (Å²) in [5.41, 5.74) is 7.02. The summed E-state index contributed by atoms with van der Waals surface area (Å²) < 4.78 is 2.01. The second-order valence-electron chi connectivity index (χ2n) is 4.66. The van der Waals surface area contributed by atoms with Crippen molar-refractivity contribution in [1.82, 2.24) is 14.7 Å². The molecule has 0 aromatic carbocycles. The van der Waals surface area contributed by atoms with Gasteiger partial charge in [-0.2, -0.15) is 5.10 Å². The monoisotopic (exact) mass is 208 g/mol. The first-order chi connectivity index (χ1) is 7.15. The molecule has 15 heavy (non-hydrogen) atoms. The highest BCUT2D eigenvalue weighted by Gasteiger charge is 2.19. The molecule has 0 aliphatic carbocycles. The van der Waals surface area contributed by atoms with Crippen molar-refractivity contribution >= 4 is 0 Å². The smallest absolute Gasteiger partial charge is 0.0764 e. The first-order valence-electron chi connectivity index (χ1n) is 5.67. The Morgan fingerprint density at radius 2 is 2.40 bits per heavy atom. The van der Waals surface area contributed by atoms with E-state index in [1.54, 1.807) is 0 Å². The van der Waals surface area contributed by atoms with Crippen LogP contribution in [0.1, 0.15) is 32.0 Å². The minimum absolute atomic E-state index is 0.359. The third-order valence-corrected chi connectivity index (χ3v) is 2.89. The Labute approximate surface area is 91.1 Å². The molecule has 2 N–H and O–H groups in total. The molecule has 1 aromatic heterocycles. The lowest BCUT2D eigenvalue weighted by atomic mass is 10.3. The summed E-state index contributed by atoms with van der Waals surface area (Å²) in [5, 5.41) is 4.53. The van der Waals surface area contributed by atoms with Gasteiger partial charge in [0.1, 0.15) is 0 Å². The summed E-state index contributed by atoms with van der Waals surface area (Å²) in [4.78, 5) is 2.37. The van der Waals surface area contributed by atoms with Crippen LogP contribution < -0.4 is 5.73 Å². The zero-order valence-electron chi connectivity index (χ0n) is 9.56. The van der Waals surface area contributed by atoms with Crippen molar-refractivity contribution < 1.29 is 0 Å². The predicted octanol–water partition coefficient (Wildman–Crippen LogP) is 0.997. The van der Waals surface area contributed by atoms with E-state index in [1.165, 1.54) is 0 Å². The topological polar surface area (TPSA) is 47.1 Å². The van der Waals surface area contributed by atoms with Crippen molar-refractivity contribution in [3.8, 4) is 0 Å². The lowest BCUT2D eigenvalue weighted by Crippen LogP contribution is -2.26. The number of hydrogen-bond donors (Lipinski definition) is 1. The summed E-state index contributed by atoms with van der Waals surface area (Å²) >= 11 is 0. The first-order valence-corrected chi connectivity index (χ1v) is 5.67. The molecule has 0 saturated carbocycles. The van der Waals surface area contributed by atoms with Crippen molar-refractivity contribution in [3.05, 3.63) is 18.0 Å². The van der Waals surface area contributed by atoms with Gasteiger partial charge in [0.25, 0.3) is 0 Å². The van der Waals surface area contributed by atoms with Crippen LogP contribution in [0.15, 0.2) is 12.3 Å². The number of nitrogens with zero attached hydrogens (tertiary/aromatic N) is 3. The van der Waals surface area contributed by atoms with Gasteiger partial charge in [-0.05, 0) is 26.3 Å². The highest BCUT2D eigenvalue weighted by molar-refractivity contribution is 5.00. The van der Waals surface area contributed by atoms with Crippen LogP contribution in [-0.2, 0) is 6.54 Å². The fraction of sp³-hybridized carbons (Fsp3) is 0.727. The first kappa shape index (κ1) is 10.6. The van der Waals surface area contributed by atoms with Gasteiger partial charge in [-0.15, -0.1) is 0 Å². The third-order valence-electron chi connectivity index (χ3n) is 2.89. The van der Waals surface area contributed by atoms with Crippen molar-refractivity contribution in [3.63, 3.8) is 0 Å². The highest BCUT2D eigenvalue weighted by Crippen LogP contribution is 2.12. The van der Waals surface area contributed by atoms with Crippen LogP contribution in [0.2, 0.25) is 0 Å². The Hall–Kier alpha value is -0.870. The van der Waals surface area contributed by atoms with E-state index in [2.05, 4.69) is 36.1 Å². The third kappa shape index (κ3) is 2.58. The number of aromatic nitrogens is 2. The second kappa shape index (κ2) is 4.33. The van der Waals surface area contributed by atoms with E-state index in [4.69, 9.17) is 5.73 Å². The minimum Gasteiger partial charge on any atom is -0.326 e. The fourth-order valence-electron chi connectivity index (χ4n) is 1.98. The molecule has 4 heteroatoms. The van der Waals surface area contributed by atoms with E-state index < -0.39 is 0 Å². The minimum atomic E-state index is 0.359. The van der Waals surface area contributed by atoms with Crippen LogP contribution in [0.5, 0.6) is 0 Å². The van der Waals surface area contributed by atoms with Crippen molar-refractivity contribution in [2.45, 2.75) is 38.9 Å². The van der Waals surface area contributed by atoms with E-state index in [1.807, 2.05) is 4.68 Å². The molecule has 0 amide bonds. The Morgan fingerprint density at radius 3 is 2.93 bits per heavy atom. The molecule has 0 spiro atoms. The Morgan fingerprint density at radius 1 is 1.60 bits per heavy atom. The standard InChI is InChI=1S/C11H20N4/c1-9(2)15-6-4-11(13-15)8-14-5-3-10(12)7-14/h4,6,9-10H,3,5,7-8,12H2,1-2H3/t10-/m1/s1. The van der Waals surface area contributed by atoms with Crippen molar-refractivity contribution in [2.24, 2.45) is 5.73 Å². The van der Waals surface area contributed by atoms with Gasteiger partial charge < -0.3 is 5.73 Å². The lowest BCUT2D eigenvalue weighted by Gasteiger charge is -2.13. The molecule has 4 nitrogen and oxygen atoms in total. The lowest BCUT2D eigenvalue weighted by molar-refractivity contribution is 0.320. The molecule has 1 aliphatic heterocycles. The Bertz CT molecular complexity index is 318. The van der Waals surface area contributed by atoms with Gasteiger partial charge in [0, 0.05) is 37.9 Å². The molecule has 2 heterocycles. The predicted molar refractivity (Wildman–Crippen MR) is 60.5 cm³/mol. The van der Waals surface area contributed by atoms with E-state index in [-0.39, 0.29) is 0 Å². The van der Waals surface area contributed by atoms with Crippen LogP contribution in [0, 0.1) is 0 Å². The normalized spacial score (nSPS) is 22.8. The Kier molecular flexibility index (Phi) is 3.07. The van der Waals surface area contributed by atoms with Gasteiger partial charge >= 0.3 is 0 Å². The molecule has 1 aliphatic rings. The summed E-state index contributed by atoms with van der Waals surface area (Å²) in [7, 11) is 0. The second-order valence-corrected chi connectivity index (χ2v) is 4.66. The van der Waals surface area contributed by atoms with Crippen molar-refractivity contribution in [2.75, 3.05) is 13.1 Å². The Balaban J connectivity index is 1.93. The van der Waals surface area contributed by atoms with Crippen LogP contribution in [0.3, 0.4) is 0 Å². The molecule has 84 valence electrons. The van der Waals surface area contributed by atoms with E-state index in [0.717, 1.165) is 31.7 Å². The number of likely N-dealkylation sites (tertiary alicyclic amines) is 1. The molecular formula is C11H20N4. The SMILES string of the molecule is CC(C)n1ccc(CN2CC[C@@H](N)C2)n1. The maximum atomic E-state index is 5.86. The van der Waals surface area contributed by atoms with Gasteiger partial charge in [-0.1, -0.05) is 0 Å². The summed E-state index contributed by atoms with van der Waals surface area (Å²) in [5.74, 6) is 0. The molecular weight excluding hydrogens is 188 g/mol. The molecule has 2 rings (SSSR count). The van der Waals surface area contributed by atoms with E-state index in [0.29, 0.717) is 12.1 Å². The van der Waals surface area contributed by atoms with Crippen LogP contribution >= 0.6 is 0 Å². The van der Waals surface area contributed by atoms with Gasteiger partial charge in [0.2, 0.25) is 0 Å². The van der Waals surface area contributed by atoms with Gasteiger partial charge in [-0.3, -0.25) is 9.58 Å². The number of rotatable bonds is 3. The van der Waals surface area contributed by atoms with Gasteiger partial charge in [-0.25, -0.2) is 0 Å². The zero-order valence-corrected chi connectivity index (χ0v) is 9.56. The largest absolute Gasteiger partial charge is 0.326 e. The van der Waals surface area contributed by atoms with Crippen LogP contribution in [0.4, 0.5) is 0 Å². The van der Waals surface area contributed by atoms with Crippen LogP contribution in [-0.4, -0.2) is 33.8 Å². The van der Waals surface area contributed by atoms with E-state index in [9.17, 15) is 0 Å². The number of hydrogen-bond acceptors (Lipinski definition) is 3. The maximum absolute atomic E-state index is 5.86. The molecule has 1 atom stereocenters. The molecule has 1 fully saturated rings. The number of nitrogens with two attached hydrogens (primary N) is 1. The molecule has 1 aromatic rings. The van der Waals surface area contributed by atoms with Gasteiger partial charge in [0.05, 0.1) is 5.69 Å². The summed E-state index contributed by atoms with van der Waals surface area (Å²) in [6.07, 6.45) is 3.17. The fourth-order valence-corrected chi connectivity index (χ4v) is 1.98. The van der Waals surface area contributed by atoms with E-state index >= 15 is 0 Å². The van der Waals surface area contributed by atoms with Gasteiger partial charge in [0.15, 0.2) is 0 Å². The van der Waals surface area contributed by atoms with Crippen molar-refractivity contribution in [1.29, 1.82) is 0 Å².